The number of nitrogens with zero attached hydrogens (tertiary/aromatic N) is 2. The molecule has 1 aliphatic rings. The molecule has 3 aromatic rings. The largest absolute Gasteiger partial charge is 0.365 e. The topological polar surface area (TPSA) is 76.0 Å². The lowest BCUT2D eigenvalue weighted by molar-refractivity contribution is -0.123. The van der Waals surface area contributed by atoms with Gasteiger partial charge in [0.05, 0.1) is 27.6 Å². The molecule has 1 aliphatic heterocycles. The van der Waals surface area contributed by atoms with Gasteiger partial charge in [0.25, 0.3) is 5.91 Å². The van der Waals surface area contributed by atoms with Crippen molar-refractivity contribution in [2.45, 2.75) is 25.3 Å². The third-order valence-electron chi connectivity index (χ3n) is 4.72. The number of anilines is 1. The van der Waals surface area contributed by atoms with Gasteiger partial charge in [-0.05, 0) is 36.9 Å². The highest BCUT2D eigenvalue weighted by molar-refractivity contribution is 7.16. The predicted molar refractivity (Wildman–Crippen MR) is 108 cm³/mol. The number of hydrogen-bond donors (Lipinski definition) is 2. The Kier molecular flexibility index (Phi) is 4.79. The molecule has 1 atom stereocenters. The first kappa shape index (κ1) is 18.2. The molecule has 0 aromatic carbocycles. The van der Waals surface area contributed by atoms with Crippen molar-refractivity contribution >= 4 is 51.9 Å². The highest BCUT2D eigenvalue weighted by atomic mass is 35.5. The molecule has 140 valence electrons. The summed E-state index contributed by atoms with van der Waals surface area (Å²) in [6, 6.07) is 7.34. The highest BCUT2D eigenvalue weighted by Gasteiger charge is 2.42. The van der Waals surface area contributed by atoms with Gasteiger partial charge in [0.2, 0.25) is 5.91 Å². The minimum Gasteiger partial charge on any atom is -0.365 e. The fourth-order valence-corrected chi connectivity index (χ4v) is 4.70. The summed E-state index contributed by atoms with van der Waals surface area (Å²) in [5.41, 5.74) is 0.425. The van der Waals surface area contributed by atoms with Gasteiger partial charge in [-0.25, -0.2) is 0 Å². The van der Waals surface area contributed by atoms with Crippen molar-refractivity contribution in [3.63, 3.8) is 0 Å². The summed E-state index contributed by atoms with van der Waals surface area (Å²) < 4.78 is 2.06. The van der Waals surface area contributed by atoms with Crippen LogP contribution in [0.2, 0.25) is 4.34 Å². The molecule has 9 heteroatoms. The first-order chi connectivity index (χ1) is 13.0. The van der Waals surface area contributed by atoms with Gasteiger partial charge >= 0.3 is 0 Å². The van der Waals surface area contributed by atoms with Crippen molar-refractivity contribution in [2.24, 2.45) is 0 Å². The molecule has 1 amide bonds. The number of halogens is 1. The van der Waals surface area contributed by atoms with Crippen LogP contribution in [-0.4, -0.2) is 28.1 Å². The van der Waals surface area contributed by atoms with Gasteiger partial charge in [0, 0.05) is 22.9 Å². The summed E-state index contributed by atoms with van der Waals surface area (Å²) in [7, 11) is 0. The molecular formula is C18H17ClN4O2S2. The standard InChI is InChI=1S/C18H17ClN4O2S2/c1-18(5-6-20-17(18)25)13-8-15(21-9-12-2-3-14(19)27-12)23(22-13)16(24)11-4-7-26-10-11/h2-4,7-8,10,21H,5-6,9H2,1H3,(H,20,25). The third kappa shape index (κ3) is 3.40. The molecule has 0 bridgehead atoms. The van der Waals surface area contributed by atoms with E-state index in [2.05, 4.69) is 15.7 Å². The summed E-state index contributed by atoms with van der Waals surface area (Å²) in [4.78, 5) is 26.3. The second-order valence-electron chi connectivity index (χ2n) is 6.54. The molecule has 0 saturated carbocycles. The van der Waals surface area contributed by atoms with Gasteiger partial charge in [-0.2, -0.15) is 21.1 Å². The van der Waals surface area contributed by atoms with E-state index in [1.807, 2.05) is 24.4 Å². The Labute approximate surface area is 169 Å². The summed E-state index contributed by atoms with van der Waals surface area (Å²) in [5.74, 6) is 0.273. The molecule has 0 aliphatic carbocycles. The minimum atomic E-state index is -0.733. The van der Waals surface area contributed by atoms with E-state index in [0.29, 0.717) is 40.9 Å². The average Bonchev–Trinajstić information content (AvgIpc) is 3.41. The van der Waals surface area contributed by atoms with Crippen LogP contribution in [0.4, 0.5) is 5.82 Å². The van der Waals surface area contributed by atoms with Crippen molar-refractivity contribution in [1.82, 2.24) is 15.1 Å². The van der Waals surface area contributed by atoms with Crippen LogP contribution in [0.25, 0.3) is 0 Å². The minimum absolute atomic E-state index is 0.0632. The molecule has 1 unspecified atom stereocenters. The number of thiophene rings is 2. The number of carbonyl (C=O) groups excluding carboxylic acids is 2. The molecule has 27 heavy (non-hydrogen) atoms. The Morgan fingerprint density at radius 2 is 2.30 bits per heavy atom. The van der Waals surface area contributed by atoms with Crippen molar-refractivity contribution in [3.8, 4) is 0 Å². The van der Waals surface area contributed by atoms with Crippen molar-refractivity contribution in [2.75, 3.05) is 11.9 Å². The first-order valence-electron chi connectivity index (χ1n) is 8.41. The number of amides is 1. The van der Waals surface area contributed by atoms with Crippen LogP contribution < -0.4 is 10.6 Å². The zero-order chi connectivity index (χ0) is 19.0. The predicted octanol–water partition coefficient (Wildman–Crippen LogP) is 3.74. The SMILES string of the molecule is CC1(c2cc(NCc3ccc(Cl)s3)n(C(=O)c3ccsc3)n2)CCNC1=O. The van der Waals surface area contributed by atoms with Gasteiger partial charge in [-0.1, -0.05) is 11.6 Å². The zero-order valence-corrected chi connectivity index (χ0v) is 16.9. The molecular weight excluding hydrogens is 404 g/mol. The molecule has 3 aromatic heterocycles. The smallest absolute Gasteiger partial charge is 0.280 e. The number of rotatable bonds is 5. The van der Waals surface area contributed by atoms with Gasteiger partial charge < -0.3 is 10.6 Å². The Morgan fingerprint density at radius 3 is 2.93 bits per heavy atom. The fraction of sp³-hybridized carbons (Fsp3) is 0.278. The van der Waals surface area contributed by atoms with E-state index in [9.17, 15) is 9.59 Å². The fourth-order valence-electron chi connectivity index (χ4n) is 3.04. The molecule has 2 N–H and O–H groups in total. The lowest BCUT2D eigenvalue weighted by atomic mass is 9.85. The van der Waals surface area contributed by atoms with Crippen LogP contribution >= 0.6 is 34.3 Å². The second-order valence-corrected chi connectivity index (χ2v) is 9.12. The van der Waals surface area contributed by atoms with Crippen molar-refractivity contribution in [3.05, 3.63) is 55.5 Å². The van der Waals surface area contributed by atoms with Crippen LogP contribution in [0.1, 0.15) is 34.3 Å². The summed E-state index contributed by atoms with van der Waals surface area (Å²) in [6.07, 6.45) is 0.648. The Hall–Kier alpha value is -2.16. The number of nitrogens with one attached hydrogen (secondary N) is 2. The van der Waals surface area contributed by atoms with E-state index in [4.69, 9.17) is 11.6 Å². The molecule has 6 nitrogen and oxygen atoms in total. The molecule has 0 spiro atoms. The van der Waals surface area contributed by atoms with Gasteiger partial charge in [0.1, 0.15) is 5.82 Å². The normalized spacial score (nSPS) is 19.3. The molecule has 4 heterocycles. The summed E-state index contributed by atoms with van der Waals surface area (Å²) >= 11 is 8.92. The van der Waals surface area contributed by atoms with Gasteiger partial charge in [-0.3, -0.25) is 9.59 Å². The maximum absolute atomic E-state index is 12.9. The maximum Gasteiger partial charge on any atom is 0.280 e. The lowest BCUT2D eigenvalue weighted by Crippen LogP contribution is -2.33. The Bertz CT molecular complexity index is 995. The second kappa shape index (κ2) is 7.10. The van der Waals surface area contributed by atoms with Crippen LogP contribution in [0, 0.1) is 0 Å². The highest BCUT2D eigenvalue weighted by Crippen LogP contribution is 2.32. The molecule has 1 saturated heterocycles. The maximum atomic E-state index is 12.9. The molecule has 1 fully saturated rings. The Balaban J connectivity index is 1.68. The number of carbonyl (C=O) groups is 2. The van der Waals surface area contributed by atoms with Crippen LogP contribution in [0.15, 0.2) is 35.0 Å². The van der Waals surface area contributed by atoms with Crippen LogP contribution in [0.5, 0.6) is 0 Å². The third-order valence-corrected chi connectivity index (χ3v) is 6.63. The van der Waals surface area contributed by atoms with Gasteiger partial charge in [0.15, 0.2) is 0 Å². The van der Waals surface area contributed by atoms with Crippen molar-refractivity contribution in [1.29, 1.82) is 0 Å². The molecule has 4 rings (SSSR count). The lowest BCUT2D eigenvalue weighted by Gasteiger charge is -2.16. The van der Waals surface area contributed by atoms with E-state index < -0.39 is 5.41 Å². The van der Waals surface area contributed by atoms with E-state index in [0.717, 1.165) is 4.88 Å². The van der Waals surface area contributed by atoms with E-state index in [-0.39, 0.29) is 11.8 Å². The van der Waals surface area contributed by atoms with E-state index in [1.165, 1.54) is 27.4 Å². The summed E-state index contributed by atoms with van der Waals surface area (Å²) in [6.45, 7) is 2.99. The number of aromatic nitrogens is 2. The number of hydrogen-bond acceptors (Lipinski definition) is 6. The van der Waals surface area contributed by atoms with Crippen LogP contribution in [0.3, 0.4) is 0 Å². The summed E-state index contributed by atoms with van der Waals surface area (Å²) in [5, 5.41) is 14.3. The van der Waals surface area contributed by atoms with E-state index in [1.54, 1.807) is 17.5 Å². The van der Waals surface area contributed by atoms with Gasteiger partial charge in [-0.15, -0.1) is 11.3 Å². The Morgan fingerprint density at radius 1 is 1.44 bits per heavy atom. The zero-order valence-electron chi connectivity index (χ0n) is 14.5. The van der Waals surface area contributed by atoms with Crippen molar-refractivity contribution < 1.29 is 9.59 Å². The first-order valence-corrected chi connectivity index (χ1v) is 10.5. The van der Waals surface area contributed by atoms with Crippen LogP contribution in [-0.2, 0) is 16.8 Å². The molecule has 0 radical (unpaired) electrons. The monoisotopic (exact) mass is 420 g/mol. The average molecular weight is 421 g/mol. The quantitative estimate of drug-likeness (QED) is 0.659. The van der Waals surface area contributed by atoms with E-state index >= 15 is 0 Å².